The molecule has 0 aliphatic heterocycles. The summed E-state index contributed by atoms with van der Waals surface area (Å²) in [5, 5.41) is 21.1. The van der Waals surface area contributed by atoms with Crippen molar-refractivity contribution in [2.45, 2.75) is 32.3 Å². The van der Waals surface area contributed by atoms with Crippen LogP contribution in [0.1, 0.15) is 41.9 Å². The van der Waals surface area contributed by atoms with Crippen molar-refractivity contribution in [1.29, 1.82) is 0 Å². The summed E-state index contributed by atoms with van der Waals surface area (Å²) in [5.41, 5.74) is -0.633. The molecule has 2 N–H and O–H groups in total. The molecule has 1 aliphatic carbocycles. The van der Waals surface area contributed by atoms with E-state index in [1.165, 1.54) is 11.3 Å². The van der Waals surface area contributed by atoms with Gasteiger partial charge in [-0.15, -0.1) is 11.3 Å². The van der Waals surface area contributed by atoms with E-state index in [1.807, 2.05) is 0 Å². The second kappa shape index (κ2) is 3.86. The average molecular weight is 240 g/mol. The maximum absolute atomic E-state index is 11.0. The third-order valence-electron chi connectivity index (χ3n) is 3.46. The molecule has 16 heavy (non-hydrogen) atoms. The van der Waals surface area contributed by atoms with Crippen LogP contribution in [0.2, 0.25) is 0 Å². The lowest BCUT2D eigenvalue weighted by Gasteiger charge is -2.45. The second-order valence-electron chi connectivity index (χ2n) is 4.91. The summed E-state index contributed by atoms with van der Waals surface area (Å²) < 4.78 is 0. The molecule has 0 saturated heterocycles. The highest BCUT2D eigenvalue weighted by atomic mass is 32.1. The van der Waals surface area contributed by atoms with Gasteiger partial charge in [0.2, 0.25) is 0 Å². The topological polar surface area (TPSA) is 57.5 Å². The maximum Gasteiger partial charge on any atom is 0.336 e. The lowest BCUT2D eigenvalue weighted by atomic mass is 9.65. The molecular weight excluding hydrogens is 224 g/mol. The Morgan fingerprint density at radius 3 is 2.69 bits per heavy atom. The SMILES string of the molecule is CC(C)C1CC(O)(c2sccc2C(=O)O)C1. The second-order valence-corrected chi connectivity index (χ2v) is 5.83. The number of rotatable bonds is 3. The summed E-state index contributed by atoms with van der Waals surface area (Å²) in [6.45, 7) is 4.27. The fourth-order valence-electron chi connectivity index (χ4n) is 2.30. The van der Waals surface area contributed by atoms with Crippen LogP contribution in [-0.4, -0.2) is 16.2 Å². The lowest BCUT2D eigenvalue weighted by molar-refractivity contribution is -0.0910. The summed E-state index contributed by atoms with van der Waals surface area (Å²) in [4.78, 5) is 11.6. The number of aromatic carboxylic acids is 1. The van der Waals surface area contributed by atoms with Crippen molar-refractivity contribution in [3.63, 3.8) is 0 Å². The van der Waals surface area contributed by atoms with Crippen molar-refractivity contribution >= 4 is 17.3 Å². The zero-order chi connectivity index (χ0) is 11.9. The molecule has 0 unspecified atom stereocenters. The molecular formula is C12H16O3S. The van der Waals surface area contributed by atoms with Crippen LogP contribution in [0.3, 0.4) is 0 Å². The molecule has 0 radical (unpaired) electrons. The van der Waals surface area contributed by atoms with Crippen molar-refractivity contribution in [1.82, 2.24) is 0 Å². The van der Waals surface area contributed by atoms with Crippen LogP contribution in [-0.2, 0) is 5.60 Å². The first-order valence-electron chi connectivity index (χ1n) is 5.47. The molecule has 1 aromatic rings. The number of hydrogen-bond donors (Lipinski definition) is 2. The Morgan fingerprint density at radius 1 is 1.56 bits per heavy atom. The predicted octanol–water partition coefficient (Wildman–Crippen LogP) is 2.70. The van der Waals surface area contributed by atoms with Crippen LogP contribution < -0.4 is 0 Å². The van der Waals surface area contributed by atoms with Crippen molar-refractivity contribution in [3.8, 4) is 0 Å². The van der Waals surface area contributed by atoms with E-state index in [0.29, 0.717) is 29.6 Å². The van der Waals surface area contributed by atoms with Gasteiger partial charge in [0.15, 0.2) is 0 Å². The third-order valence-corrected chi connectivity index (χ3v) is 4.57. The van der Waals surface area contributed by atoms with E-state index in [1.54, 1.807) is 11.4 Å². The molecule has 3 nitrogen and oxygen atoms in total. The van der Waals surface area contributed by atoms with Gasteiger partial charge in [0.1, 0.15) is 5.60 Å². The molecule has 88 valence electrons. The number of carbonyl (C=O) groups is 1. The van der Waals surface area contributed by atoms with Gasteiger partial charge in [0.05, 0.1) is 10.4 Å². The van der Waals surface area contributed by atoms with E-state index in [-0.39, 0.29) is 5.56 Å². The van der Waals surface area contributed by atoms with Crippen molar-refractivity contribution in [2.24, 2.45) is 11.8 Å². The van der Waals surface area contributed by atoms with Crippen LogP contribution in [0.4, 0.5) is 0 Å². The van der Waals surface area contributed by atoms with Crippen LogP contribution >= 0.6 is 11.3 Å². The van der Waals surface area contributed by atoms with Gasteiger partial charge in [0.25, 0.3) is 0 Å². The Hall–Kier alpha value is -0.870. The Morgan fingerprint density at radius 2 is 2.19 bits per heavy atom. The quantitative estimate of drug-likeness (QED) is 0.854. The van der Waals surface area contributed by atoms with Crippen LogP contribution in [0, 0.1) is 11.8 Å². The zero-order valence-electron chi connectivity index (χ0n) is 9.43. The normalized spacial score (nSPS) is 29.1. The highest BCUT2D eigenvalue weighted by molar-refractivity contribution is 7.10. The minimum Gasteiger partial charge on any atom is -0.478 e. The standard InChI is InChI=1S/C12H16O3S/c1-7(2)8-5-12(15,6-8)10-9(11(13)14)3-4-16-10/h3-4,7-8,15H,5-6H2,1-2H3,(H,13,14). The van der Waals surface area contributed by atoms with Gasteiger partial charge in [-0.05, 0) is 36.1 Å². The Balaban J connectivity index is 2.20. The molecule has 1 saturated carbocycles. The fraction of sp³-hybridized carbons (Fsp3) is 0.583. The number of aliphatic hydroxyl groups is 1. The van der Waals surface area contributed by atoms with Crippen molar-refractivity contribution in [2.75, 3.05) is 0 Å². The van der Waals surface area contributed by atoms with E-state index in [2.05, 4.69) is 13.8 Å². The van der Waals surface area contributed by atoms with Gasteiger partial charge in [-0.25, -0.2) is 4.79 Å². The molecule has 0 amide bonds. The molecule has 2 rings (SSSR count). The van der Waals surface area contributed by atoms with Gasteiger partial charge in [0, 0.05) is 0 Å². The van der Waals surface area contributed by atoms with Gasteiger partial charge >= 0.3 is 5.97 Å². The van der Waals surface area contributed by atoms with Gasteiger partial charge in [-0.3, -0.25) is 0 Å². The fourth-order valence-corrected chi connectivity index (χ4v) is 3.31. The molecule has 1 heterocycles. The van der Waals surface area contributed by atoms with E-state index in [0.717, 1.165) is 0 Å². The van der Waals surface area contributed by atoms with Crippen molar-refractivity contribution in [3.05, 3.63) is 21.9 Å². The molecule has 0 spiro atoms. The summed E-state index contributed by atoms with van der Waals surface area (Å²) in [5.74, 6) is 0.111. The van der Waals surface area contributed by atoms with E-state index < -0.39 is 11.6 Å². The number of hydrogen-bond acceptors (Lipinski definition) is 3. The highest BCUT2D eigenvalue weighted by Gasteiger charge is 2.47. The smallest absolute Gasteiger partial charge is 0.336 e. The van der Waals surface area contributed by atoms with Crippen LogP contribution in [0.25, 0.3) is 0 Å². The molecule has 0 bridgehead atoms. The molecule has 0 aromatic carbocycles. The molecule has 1 fully saturated rings. The highest BCUT2D eigenvalue weighted by Crippen LogP contribution is 2.51. The van der Waals surface area contributed by atoms with Crippen molar-refractivity contribution < 1.29 is 15.0 Å². The number of carboxylic acids is 1. The minimum atomic E-state index is -0.947. The zero-order valence-corrected chi connectivity index (χ0v) is 10.3. The molecule has 0 atom stereocenters. The van der Waals surface area contributed by atoms with Gasteiger partial charge < -0.3 is 10.2 Å². The Kier molecular flexibility index (Phi) is 2.80. The summed E-state index contributed by atoms with van der Waals surface area (Å²) in [6, 6.07) is 1.57. The maximum atomic E-state index is 11.0. The summed E-state index contributed by atoms with van der Waals surface area (Å²) in [7, 11) is 0. The summed E-state index contributed by atoms with van der Waals surface area (Å²) >= 11 is 1.34. The molecule has 1 aliphatic rings. The van der Waals surface area contributed by atoms with Gasteiger partial charge in [-0.2, -0.15) is 0 Å². The van der Waals surface area contributed by atoms with E-state index >= 15 is 0 Å². The predicted molar refractivity (Wildman–Crippen MR) is 62.7 cm³/mol. The van der Waals surface area contributed by atoms with Gasteiger partial charge in [-0.1, -0.05) is 13.8 Å². The Bertz CT molecular complexity index is 402. The minimum absolute atomic E-state index is 0.259. The van der Waals surface area contributed by atoms with E-state index in [4.69, 9.17) is 5.11 Å². The average Bonchev–Trinajstić information content (AvgIpc) is 2.60. The lowest BCUT2D eigenvalue weighted by Crippen LogP contribution is -2.43. The first kappa shape index (κ1) is 11.6. The monoisotopic (exact) mass is 240 g/mol. The molecule has 1 aromatic heterocycles. The largest absolute Gasteiger partial charge is 0.478 e. The summed E-state index contributed by atoms with van der Waals surface area (Å²) in [6.07, 6.45) is 1.37. The van der Waals surface area contributed by atoms with Crippen LogP contribution in [0.5, 0.6) is 0 Å². The number of thiophene rings is 1. The van der Waals surface area contributed by atoms with E-state index in [9.17, 15) is 9.90 Å². The molecule has 4 heteroatoms. The number of carboxylic acid groups (broad SMARTS) is 1. The first-order chi connectivity index (χ1) is 7.44. The Labute approximate surface area is 98.7 Å². The third kappa shape index (κ3) is 1.76. The van der Waals surface area contributed by atoms with Crippen LogP contribution in [0.15, 0.2) is 11.4 Å². The first-order valence-corrected chi connectivity index (χ1v) is 6.35.